The summed E-state index contributed by atoms with van der Waals surface area (Å²) in [6, 6.07) is 20.3. The van der Waals surface area contributed by atoms with Gasteiger partial charge in [0, 0.05) is 0 Å². The van der Waals surface area contributed by atoms with Crippen LogP contribution in [0.25, 0.3) is 0 Å². The van der Waals surface area contributed by atoms with E-state index < -0.39 is 0 Å². The fourth-order valence-corrected chi connectivity index (χ4v) is 4.11. The van der Waals surface area contributed by atoms with Crippen LogP contribution in [0.2, 0.25) is 18.0 Å². The molecular formula is C28H43BO2. The summed E-state index contributed by atoms with van der Waals surface area (Å²) >= 11 is 0. The summed E-state index contributed by atoms with van der Waals surface area (Å²) in [6.07, 6.45) is 10.0. The summed E-state index contributed by atoms with van der Waals surface area (Å²) in [6.45, 7) is 12.1. The largest absolute Gasteiger partial charge is 0.494 e. The third-order valence-corrected chi connectivity index (χ3v) is 6.96. The number of benzene rings is 2. The molecule has 0 N–H and O–H groups in total. The maximum atomic E-state index is 5.84. The van der Waals surface area contributed by atoms with E-state index in [-0.39, 0.29) is 0 Å². The number of hydrogen-bond donors (Lipinski definition) is 0. The molecule has 170 valence electrons. The molecule has 0 saturated carbocycles. The monoisotopic (exact) mass is 422 g/mol. The van der Waals surface area contributed by atoms with Crippen molar-refractivity contribution in [2.24, 2.45) is 5.92 Å². The van der Waals surface area contributed by atoms with E-state index in [9.17, 15) is 0 Å². The van der Waals surface area contributed by atoms with Crippen LogP contribution in [-0.2, 0) is 0 Å². The minimum atomic E-state index is 0.390. The Morgan fingerprint density at radius 2 is 1.06 bits per heavy atom. The average Bonchev–Trinajstić information content (AvgIpc) is 2.78. The van der Waals surface area contributed by atoms with Crippen LogP contribution in [0.15, 0.2) is 60.7 Å². The fraction of sp³-hybridized carbons (Fsp3) is 0.571. The first kappa shape index (κ1) is 25.4. The van der Waals surface area contributed by atoms with E-state index in [0.717, 1.165) is 44.3 Å². The Morgan fingerprint density at radius 1 is 0.645 bits per heavy atom. The molecule has 0 amide bonds. The maximum absolute atomic E-state index is 5.84. The van der Waals surface area contributed by atoms with Crippen LogP contribution in [0, 0.1) is 5.92 Å². The highest BCUT2D eigenvalue weighted by Crippen LogP contribution is 2.42. The van der Waals surface area contributed by atoms with E-state index in [1.54, 1.807) is 0 Å². The van der Waals surface area contributed by atoms with E-state index in [1.807, 2.05) is 60.7 Å². The van der Waals surface area contributed by atoms with Gasteiger partial charge in [-0.3, -0.25) is 0 Å². The van der Waals surface area contributed by atoms with Gasteiger partial charge in [-0.25, -0.2) is 0 Å². The van der Waals surface area contributed by atoms with Crippen molar-refractivity contribution in [1.29, 1.82) is 0 Å². The lowest BCUT2D eigenvalue weighted by Gasteiger charge is -2.36. The highest BCUT2D eigenvalue weighted by Gasteiger charge is 2.34. The molecule has 0 fully saturated rings. The lowest BCUT2D eigenvalue weighted by atomic mass is 9.28. The predicted octanol–water partition coefficient (Wildman–Crippen LogP) is 8.42. The van der Waals surface area contributed by atoms with Gasteiger partial charge in [-0.15, -0.1) is 0 Å². The summed E-state index contributed by atoms with van der Waals surface area (Å²) in [5.74, 6) is 2.68. The summed E-state index contributed by atoms with van der Waals surface area (Å²) in [7, 11) is 0. The molecule has 0 spiro atoms. The molecule has 2 nitrogen and oxygen atoms in total. The smallest absolute Gasteiger partial charge is 0.146 e. The van der Waals surface area contributed by atoms with Gasteiger partial charge in [-0.05, 0) is 43.0 Å². The van der Waals surface area contributed by atoms with Crippen LogP contribution in [0.1, 0.15) is 66.2 Å². The van der Waals surface area contributed by atoms with Gasteiger partial charge >= 0.3 is 0 Å². The molecule has 0 saturated heterocycles. The summed E-state index contributed by atoms with van der Waals surface area (Å²) in [4.78, 5) is 0. The number of ether oxygens (including phenoxy) is 2. The normalized spacial score (nSPS) is 11.5. The molecule has 0 radical (unpaired) electrons. The minimum Gasteiger partial charge on any atom is -0.494 e. The van der Waals surface area contributed by atoms with Gasteiger partial charge in [-0.2, -0.15) is 0 Å². The van der Waals surface area contributed by atoms with Gasteiger partial charge in [0.25, 0.3) is 0 Å². The Morgan fingerprint density at radius 3 is 1.45 bits per heavy atom. The zero-order valence-corrected chi connectivity index (χ0v) is 20.3. The minimum absolute atomic E-state index is 0.390. The van der Waals surface area contributed by atoms with E-state index >= 15 is 0 Å². The van der Waals surface area contributed by atoms with E-state index in [2.05, 4.69) is 27.7 Å². The fourth-order valence-electron chi connectivity index (χ4n) is 4.11. The van der Waals surface area contributed by atoms with E-state index in [0.29, 0.717) is 11.2 Å². The molecule has 3 heteroatoms. The van der Waals surface area contributed by atoms with Gasteiger partial charge in [0.15, 0.2) is 0 Å². The predicted molar refractivity (Wildman–Crippen MR) is 136 cm³/mol. The van der Waals surface area contributed by atoms with Crippen LogP contribution < -0.4 is 9.47 Å². The second kappa shape index (κ2) is 14.2. The van der Waals surface area contributed by atoms with Crippen LogP contribution in [0.4, 0.5) is 0 Å². The molecule has 2 aromatic rings. The van der Waals surface area contributed by atoms with E-state index in [4.69, 9.17) is 9.47 Å². The Bertz CT molecular complexity index is 633. The second-order valence-electron chi connectivity index (χ2n) is 9.69. The first-order valence-electron chi connectivity index (χ1n) is 12.4. The molecule has 0 aliphatic heterocycles. The Labute approximate surface area is 191 Å². The standard InChI is InChI=1S/C28H43BO2/c1-25(2)28(3,4)29(21-13-7-15-23-30-26-17-9-5-10-18-26)22-14-8-16-24-31-27-19-11-6-12-20-27/h5-6,9-12,17-20,25H,7-8,13-16,21-24H2,1-4H3. The number of unbranched alkanes of at least 4 members (excludes halogenated alkanes) is 4. The molecule has 0 unspecified atom stereocenters. The molecule has 2 rings (SSSR count). The average molecular weight is 422 g/mol. The zero-order valence-electron chi connectivity index (χ0n) is 20.3. The van der Waals surface area contributed by atoms with Crippen molar-refractivity contribution >= 4 is 6.71 Å². The molecule has 0 aliphatic carbocycles. The lowest BCUT2D eigenvalue weighted by Crippen LogP contribution is -2.32. The van der Waals surface area contributed by atoms with Gasteiger partial charge < -0.3 is 9.47 Å². The van der Waals surface area contributed by atoms with Crippen molar-refractivity contribution in [3.63, 3.8) is 0 Å². The van der Waals surface area contributed by atoms with Gasteiger partial charge in [-0.1, -0.05) is 108 Å². The SMILES string of the molecule is CC(C)C(C)(C)B(CCCCCOc1ccccc1)CCCCCOc1ccccc1. The quantitative estimate of drug-likeness (QED) is 0.200. The Hall–Kier alpha value is -1.90. The number of hydrogen-bond acceptors (Lipinski definition) is 2. The summed E-state index contributed by atoms with van der Waals surface area (Å²) in [5, 5.41) is 0.390. The molecule has 0 bridgehead atoms. The Kier molecular flexibility index (Phi) is 11.6. The van der Waals surface area contributed by atoms with Crippen molar-refractivity contribution < 1.29 is 9.47 Å². The van der Waals surface area contributed by atoms with Gasteiger partial charge in [0.1, 0.15) is 18.2 Å². The van der Waals surface area contributed by atoms with Crippen LogP contribution in [0.3, 0.4) is 0 Å². The molecule has 0 atom stereocenters. The first-order valence-corrected chi connectivity index (χ1v) is 12.4. The second-order valence-corrected chi connectivity index (χ2v) is 9.69. The van der Waals surface area contributed by atoms with Crippen LogP contribution in [0.5, 0.6) is 11.5 Å². The van der Waals surface area contributed by atoms with Crippen molar-refractivity contribution in [3.05, 3.63) is 60.7 Å². The lowest BCUT2D eigenvalue weighted by molar-refractivity contribution is 0.305. The first-order chi connectivity index (χ1) is 15.0. The topological polar surface area (TPSA) is 18.5 Å². The van der Waals surface area contributed by atoms with Crippen molar-refractivity contribution in [2.75, 3.05) is 13.2 Å². The number of rotatable bonds is 16. The summed E-state index contributed by atoms with van der Waals surface area (Å²) in [5.41, 5.74) is 0. The molecule has 0 aliphatic rings. The zero-order chi connectivity index (χ0) is 22.4. The third kappa shape index (κ3) is 9.85. The molecule has 31 heavy (non-hydrogen) atoms. The van der Waals surface area contributed by atoms with E-state index in [1.165, 1.54) is 38.3 Å². The van der Waals surface area contributed by atoms with Crippen LogP contribution >= 0.6 is 0 Å². The highest BCUT2D eigenvalue weighted by molar-refractivity contribution is 6.62. The van der Waals surface area contributed by atoms with Crippen molar-refractivity contribution in [3.8, 4) is 11.5 Å². The third-order valence-electron chi connectivity index (χ3n) is 6.96. The highest BCUT2D eigenvalue weighted by atomic mass is 16.5. The molecule has 2 aromatic carbocycles. The van der Waals surface area contributed by atoms with Crippen molar-refractivity contribution in [2.45, 2.75) is 84.2 Å². The molecule has 0 heterocycles. The summed E-state index contributed by atoms with van der Waals surface area (Å²) < 4.78 is 11.7. The molecular weight excluding hydrogens is 379 g/mol. The van der Waals surface area contributed by atoms with Crippen molar-refractivity contribution in [1.82, 2.24) is 0 Å². The van der Waals surface area contributed by atoms with Gasteiger partial charge in [0.05, 0.1) is 13.2 Å². The number of para-hydroxylation sites is 2. The molecule has 0 aromatic heterocycles. The Balaban J connectivity index is 1.63. The van der Waals surface area contributed by atoms with Crippen LogP contribution in [-0.4, -0.2) is 19.9 Å². The maximum Gasteiger partial charge on any atom is 0.146 e. The van der Waals surface area contributed by atoms with Gasteiger partial charge in [0.2, 0.25) is 0 Å².